The predicted octanol–water partition coefficient (Wildman–Crippen LogP) is 6.04. The molecule has 6 nitrogen and oxygen atoms in total. The van der Waals surface area contributed by atoms with Crippen molar-refractivity contribution in [3.63, 3.8) is 0 Å². The number of aryl methyl sites for hydroxylation is 1. The molecule has 3 aromatic carbocycles. The Balaban J connectivity index is 1.77. The fraction of sp³-hybridized carbons (Fsp3) is 0.111. The molecule has 0 unspecified atom stereocenters. The number of carbonyl (C=O) groups excluding carboxylic acids is 1. The number of nitrogens with one attached hydrogen (secondary N) is 1. The molecule has 35 heavy (non-hydrogen) atoms. The van der Waals surface area contributed by atoms with E-state index in [1.165, 1.54) is 18.2 Å². The molecule has 0 atom stereocenters. The Morgan fingerprint density at radius 1 is 0.943 bits per heavy atom. The highest BCUT2D eigenvalue weighted by atomic mass is 35.5. The number of pyridine rings is 1. The number of halogens is 1. The number of sulfone groups is 1. The van der Waals surface area contributed by atoms with E-state index in [4.69, 9.17) is 16.3 Å². The number of nitrogens with zero attached hydrogens (tertiary/aromatic N) is 1. The van der Waals surface area contributed by atoms with E-state index in [0.29, 0.717) is 38.8 Å². The zero-order chi connectivity index (χ0) is 25.2. The van der Waals surface area contributed by atoms with Crippen LogP contribution in [-0.4, -0.2) is 32.7 Å². The molecule has 0 aliphatic heterocycles. The van der Waals surface area contributed by atoms with Gasteiger partial charge in [-0.25, -0.2) is 8.42 Å². The average molecular weight is 507 g/mol. The number of carbonyl (C=O) groups is 1. The van der Waals surface area contributed by atoms with Gasteiger partial charge in [-0.05, 0) is 84.3 Å². The summed E-state index contributed by atoms with van der Waals surface area (Å²) in [4.78, 5) is 17.9. The van der Waals surface area contributed by atoms with Gasteiger partial charge in [0.2, 0.25) is 0 Å². The number of methoxy groups -OCH3 is 1. The third-order valence-corrected chi connectivity index (χ3v) is 6.99. The molecule has 1 amide bonds. The number of hydrogen-bond acceptors (Lipinski definition) is 5. The Hall–Kier alpha value is -3.68. The minimum atomic E-state index is -3.48. The third kappa shape index (κ3) is 5.37. The van der Waals surface area contributed by atoms with Gasteiger partial charge >= 0.3 is 0 Å². The molecule has 1 aromatic heterocycles. The van der Waals surface area contributed by atoms with Crippen LogP contribution in [-0.2, 0) is 9.84 Å². The summed E-state index contributed by atoms with van der Waals surface area (Å²) in [6.45, 7) is 1.88. The summed E-state index contributed by atoms with van der Waals surface area (Å²) in [5.41, 5.74) is 4.30. The van der Waals surface area contributed by atoms with Gasteiger partial charge in [-0.1, -0.05) is 23.7 Å². The SMILES string of the molecule is COc1ccc(-c2cc(S(C)(=O)=O)ccc2C(=O)Nc2ccc(Cl)c(-c3ccccn3)c2)c(C)c1. The van der Waals surface area contributed by atoms with Crippen LogP contribution in [0.4, 0.5) is 5.69 Å². The van der Waals surface area contributed by atoms with Crippen molar-refractivity contribution < 1.29 is 17.9 Å². The number of hydrogen-bond donors (Lipinski definition) is 1. The maximum Gasteiger partial charge on any atom is 0.256 e. The smallest absolute Gasteiger partial charge is 0.256 e. The third-order valence-electron chi connectivity index (χ3n) is 5.55. The van der Waals surface area contributed by atoms with Crippen LogP contribution >= 0.6 is 11.6 Å². The van der Waals surface area contributed by atoms with E-state index in [0.717, 1.165) is 17.4 Å². The lowest BCUT2D eigenvalue weighted by Gasteiger charge is -2.15. The van der Waals surface area contributed by atoms with Crippen molar-refractivity contribution in [3.05, 3.63) is 95.1 Å². The Bertz CT molecular complexity index is 1520. The molecular weight excluding hydrogens is 484 g/mol. The molecule has 0 bridgehead atoms. The van der Waals surface area contributed by atoms with Crippen molar-refractivity contribution in [2.45, 2.75) is 11.8 Å². The second kappa shape index (κ2) is 9.90. The van der Waals surface area contributed by atoms with E-state index < -0.39 is 9.84 Å². The molecule has 8 heteroatoms. The lowest BCUT2D eigenvalue weighted by molar-refractivity contribution is 0.102. The summed E-state index contributed by atoms with van der Waals surface area (Å²) in [6, 6.07) is 20.6. The first-order valence-electron chi connectivity index (χ1n) is 10.7. The molecule has 0 saturated heterocycles. The Morgan fingerprint density at radius 3 is 2.40 bits per heavy atom. The molecule has 1 heterocycles. The molecule has 0 radical (unpaired) electrons. The van der Waals surface area contributed by atoms with E-state index in [9.17, 15) is 13.2 Å². The minimum absolute atomic E-state index is 0.128. The van der Waals surface area contributed by atoms with Gasteiger partial charge in [0.25, 0.3) is 5.91 Å². The van der Waals surface area contributed by atoms with Gasteiger partial charge in [0.1, 0.15) is 5.75 Å². The van der Waals surface area contributed by atoms with Gasteiger partial charge < -0.3 is 10.1 Å². The average Bonchev–Trinajstić information content (AvgIpc) is 2.84. The van der Waals surface area contributed by atoms with Crippen LogP contribution in [0.3, 0.4) is 0 Å². The molecule has 1 N–H and O–H groups in total. The van der Waals surface area contributed by atoms with Crippen molar-refractivity contribution in [3.8, 4) is 28.1 Å². The monoisotopic (exact) mass is 506 g/mol. The molecule has 178 valence electrons. The number of rotatable bonds is 6. The number of benzene rings is 3. The van der Waals surface area contributed by atoms with Crippen LogP contribution < -0.4 is 10.1 Å². The van der Waals surface area contributed by atoms with E-state index in [2.05, 4.69) is 10.3 Å². The molecule has 4 rings (SSSR count). The van der Waals surface area contributed by atoms with E-state index in [-0.39, 0.29) is 10.8 Å². The summed E-state index contributed by atoms with van der Waals surface area (Å²) in [5, 5.41) is 3.41. The van der Waals surface area contributed by atoms with Gasteiger partial charge in [0.15, 0.2) is 9.84 Å². The summed E-state index contributed by atoms with van der Waals surface area (Å²) in [7, 11) is -1.91. The van der Waals surface area contributed by atoms with Gasteiger partial charge in [-0.2, -0.15) is 0 Å². The maximum absolute atomic E-state index is 13.4. The second-order valence-electron chi connectivity index (χ2n) is 8.02. The van der Waals surface area contributed by atoms with Crippen LogP contribution in [0.5, 0.6) is 5.75 Å². The summed E-state index contributed by atoms with van der Waals surface area (Å²) in [6.07, 6.45) is 2.81. The summed E-state index contributed by atoms with van der Waals surface area (Å²) in [5.74, 6) is 0.282. The predicted molar refractivity (Wildman–Crippen MR) is 139 cm³/mol. The molecule has 0 spiro atoms. The van der Waals surface area contributed by atoms with Crippen LogP contribution in [0.2, 0.25) is 5.02 Å². The minimum Gasteiger partial charge on any atom is -0.497 e. The van der Waals surface area contributed by atoms with Crippen LogP contribution in [0.25, 0.3) is 22.4 Å². The second-order valence-corrected chi connectivity index (χ2v) is 10.4. The van der Waals surface area contributed by atoms with E-state index in [1.54, 1.807) is 37.6 Å². The highest BCUT2D eigenvalue weighted by Gasteiger charge is 2.19. The van der Waals surface area contributed by atoms with E-state index >= 15 is 0 Å². The maximum atomic E-state index is 13.4. The lowest BCUT2D eigenvalue weighted by Crippen LogP contribution is -2.14. The number of amides is 1. The molecule has 4 aromatic rings. The van der Waals surface area contributed by atoms with Crippen molar-refractivity contribution in [1.82, 2.24) is 4.98 Å². The number of anilines is 1. The highest BCUT2D eigenvalue weighted by molar-refractivity contribution is 7.90. The fourth-order valence-electron chi connectivity index (χ4n) is 3.76. The van der Waals surface area contributed by atoms with Gasteiger partial charge in [-0.15, -0.1) is 0 Å². The highest BCUT2D eigenvalue weighted by Crippen LogP contribution is 2.33. The molecule has 0 saturated carbocycles. The normalized spacial score (nSPS) is 11.2. The largest absolute Gasteiger partial charge is 0.497 e. The summed E-state index contributed by atoms with van der Waals surface area (Å²) >= 11 is 6.37. The molecular formula is C27H23ClN2O4S. The van der Waals surface area contributed by atoms with Crippen molar-refractivity contribution in [2.75, 3.05) is 18.7 Å². The van der Waals surface area contributed by atoms with Crippen LogP contribution in [0.15, 0.2) is 83.9 Å². The first kappa shape index (κ1) is 24.4. The van der Waals surface area contributed by atoms with E-state index in [1.807, 2.05) is 37.3 Å². The van der Waals surface area contributed by atoms with Gasteiger partial charge in [0.05, 0.1) is 22.7 Å². The molecule has 0 aliphatic carbocycles. The van der Waals surface area contributed by atoms with Gasteiger partial charge in [0, 0.05) is 29.3 Å². The van der Waals surface area contributed by atoms with Crippen molar-refractivity contribution >= 4 is 33.0 Å². The lowest BCUT2D eigenvalue weighted by atomic mass is 9.95. The first-order chi connectivity index (χ1) is 16.7. The van der Waals surface area contributed by atoms with Crippen molar-refractivity contribution in [1.29, 1.82) is 0 Å². The number of aromatic nitrogens is 1. The zero-order valence-electron chi connectivity index (χ0n) is 19.4. The standard InChI is InChI=1S/C27H23ClN2O4S/c1-17-14-19(34-2)8-10-21(17)23-16-20(35(3,32)33)9-11-22(23)27(31)30-18-7-12-25(28)24(15-18)26-6-4-5-13-29-26/h4-16H,1-3H3,(H,30,31). The first-order valence-corrected chi connectivity index (χ1v) is 13.0. The molecule has 0 aliphatic rings. The van der Waals surface area contributed by atoms with Crippen LogP contribution in [0.1, 0.15) is 15.9 Å². The molecule has 0 fully saturated rings. The fourth-order valence-corrected chi connectivity index (χ4v) is 4.62. The zero-order valence-corrected chi connectivity index (χ0v) is 20.9. The summed E-state index contributed by atoms with van der Waals surface area (Å²) < 4.78 is 29.8. The Kier molecular flexibility index (Phi) is 6.91. The number of ether oxygens (including phenoxy) is 1. The Labute approximate surface area is 209 Å². The van der Waals surface area contributed by atoms with Gasteiger partial charge in [-0.3, -0.25) is 9.78 Å². The topological polar surface area (TPSA) is 85.4 Å². The van der Waals surface area contributed by atoms with Crippen molar-refractivity contribution in [2.24, 2.45) is 0 Å². The Morgan fingerprint density at radius 2 is 1.74 bits per heavy atom. The van der Waals surface area contributed by atoms with Crippen LogP contribution in [0, 0.1) is 6.92 Å². The quantitative estimate of drug-likeness (QED) is 0.344.